The van der Waals surface area contributed by atoms with E-state index in [1.54, 1.807) is 6.08 Å². The number of ketones is 1. The van der Waals surface area contributed by atoms with Crippen LogP contribution >= 0.6 is 0 Å². The first-order valence-electron chi connectivity index (χ1n) is 7.00. The van der Waals surface area contributed by atoms with Crippen molar-refractivity contribution in [3.05, 3.63) is 12.2 Å². The number of hydrogen-bond donors (Lipinski definition) is 0. The van der Waals surface area contributed by atoms with E-state index >= 15 is 0 Å². The number of unbranched alkanes of at least 4 members (excludes halogenated alkanes) is 7. The second-order valence-corrected chi connectivity index (χ2v) is 4.53. The van der Waals surface area contributed by atoms with Crippen LogP contribution in [-0.2, 0) is 4.79 Å². The number of hydrogen-bond acceptors (Lipinski definition) is 1. The summed E-state index contributed by atoms with van der Waals surface area (Å²) >= 11 is 0. The molecule has 0 saturated carbocycles. The Morgan fingerprint density at radius 1 is 0.875 bits per heavy atom. The van der Waals surface area contributed by atoms with Crippen LogP contribution in [0, 0.1) is 0 Å². The van der Waals surface area contributed by atoms with E-state index < -0.39 is 0 Å². The summed E-state index contributed by atoms with van der Waals surface area (Å²) in [4.78, 5) is 11.4. The maximum absolute atomic E-state index is 11.4. The summed E-state index contributed by atoms with van der Waals surface area (Å²) in [5.74, 6) is 0.312. The molecule has 1 nitrogen and oxygen atoms in total. The van der Waals surface area contributed by atoms with Gasteiger partial charge in [0.2, 0.25) is 0 Å². The van der Waals surface area contributed by atoms with E-state index in [1.807, 2.05) is 6.08 Å². The predicted molar refractivity (Wildman–Crippen MR) is 71.7 cm³/mol. The first-order chi connectivity index (χ1) is 7.81. The monoisotopic (exact) mass is 224 g/mol. The van der Waals surface area contributed by atoms with Gasteiger partial charge in [-0.15, -0.1) is 0 Å². The molecule has 0 atom stereocenters. The topological polar surface area (TPSA) is 17.1 Å². The molecule has 0 fully saturated rings. The molecule has 0 unspecified atom stereocenters. The van der Waals surface area contributed by atoms with Gasteiger partial charge in [-0.2, -0.15) is 0 Å². The molecule has 0 spiro atoms. The van der Waals surface area contributed by atoms with E-state index in [0.717, 1.165) is 19.3 Å². The van der Waals surface area contributed by atoms with Gasteiger partial charge in [0, 0.05) is 6.42 Å². The highest BCUT2D eigenvalue weighted by molar-refractivity contribution is 5.89. The SMILES string of the molecule is CCCC/C=C\C(=O)CCCCCCCC. The van der Waals surface area contributed by atoms with Gasteiger partial charge in [0.1, 0.15) is 0 Å². The van der Waals surface area contributed by atoms with Crippen molar-refractivity contribution in [3.63, 3.8) is 0 Å². The van der Waals surface area contributed by atoms with Crippen LogP contribution in [0.2, 0.25) is 0 Å². The minimum atomic E-state index is 0.312. The standard InChI is InChI=1S/C15H28O/c1-3-5-7-9-10-12-14-15(16)13-11-8-6-4-2/h11,13H,3-10,12,14H2,1-2H3/b13-11-. The lowest BCUT2D eigenvalue weighted by Gasteiger charge is -1.98. The third-order valence-corrected chi connectivity index (χ3v) is 2.80. The molecule has 16 heavy (non-hydrogen) atoms. The normalized spacial score (nSPS) is 11.1. The predicted octanol–water partition coefficient (Wildman–Crippen LogP) is 5.05. The van der Waals surface area contributed by atoms with E-state index in [1.165, 1.54) is 44.9 Å². The van der Waals surface area contributed by atoms with Gasteiger partial charge in [-0.3, -0.25) is 4.79 Å². The average Bonchev–Trinajstić information content (AvgIpc) is 2.29. The second kappa shape index (κ2) is 12.5. The fraction of sp³-hybridized carbons (Fsp3) is 0.800. The van der Waals surface area contributed by atoms with E-state index in [2.05, 4.69) is 13.8 Å². The van der Waals surface area contributed by atoms with Crippen LogP contribution in [0.3, 0.4) is 0 Å². The Morgan fingerprint density at radius 2 is 1.50 bits per heavy atom. The molecular formula is C15H28O. The zero-order chi connectivity index (χ0) is 12.1. The summed E-state index contributed by atoms with van der Waals surface area (Å²) in [5.41, 5.74) is 0. The van der Waals surface area contributed by atoms with Gasteiger partial charge in [-0.05, 0) is 18.9 Å². The molecule has 0 aromatic rings. The molecule has 94 valence electrons. The molecule has 0 rings (SSSR count). The molecule has 0 aliphatic rings. The number of allylic oxidation sites excluding steroid dienone is 2. The van der Waals surface area contributed by atoms with Crippen LogP contribution in [-0.4, -0.2) is 5.78 Å². The molecule has 0 amide bonds. The van der Waals surface area contributed by atoms with Crippen LogP contribution in [0.25, 0.3) is 0 Å². The number of rotatable bonds is 11. The largest absolute Gasteiger partial charge is 0.295 e. The molecule has 0 bridgehead atoms. The molecule has 0 aliphatic heterocycles. The van der Waals surface area contributed by atoms with Crippen molar-refractivity contribution in [2.24, 2.45) is 0 Å². The fourth-order valence-electron chi connectivity index (χ4n) is 1.70. The van der Waals surface area contributed by atoms with Crippen molar-refractivity contribution in [1.29, 1.82) is 0 Å². The van der Waals surface area contributed by atoms with Crippen LogP contribution in [0.5, 0.6) is 0 Å². The van der Waals surface area contributed by atoms with E-state index in [9.17, 15) is 4.79 Å². The van der Waals surface area contributed by atoms with Crippen molar-refractivity contribution in [2.75, 3.05) is 0 Å². The van der Waals surface area contributed by atoms with Crippen LogP contribution in [0.15, 0.2) is 12.2 Å². The molecule has 0 heterocycles. The van der Waals surface area contributed by atoms with Crippen LogP contribution in [0.1, 0.15) is 78.1 Å². The number of carbonyl (C=O) groups excluding carboxylic acids is 1. The Labute approximate surface area is 101 Å². The smallest absolute Gasteiger partial charge is 0.155 e. The highest BCUT2D eigenvalue weighted by Crippen LogP contribution is 2.07. The van der Waals surface area contributed by atoms with Gasteiger partial charge < -0.3 is 0 Å². The molecule has 0 saturated heterocycles. The number of carbonyl (C=O) groups is 1. The third-order valence-electron chi connectivity index (χ3n) is 2.80. The highest BCUT2D eigenvalue weighted by atomic mass is 16.1. The Balaban J connectivity index is 3.26. The summed E-state index contributed by atoms with van der Waals surface area (Å²) in [6.45, 7) is 4.40. The van der Waals surface area contributed by atoms with Crippen LogP contribution < -0.4 is 0 Å². The summed E-state index contributed by atoms with van der Waals surface area (Å²) in [5, 5.41) is 0. The maximum atomic E-state index is 11.4. The van der Waals surface area contributed by atoms with Gasteiger partial charge in [0.15, 0.2) is 5.78 Å². The molecule has 0 N–H and O–H groups in total. The van der Waals surface area contributed by atoms with Crippen molar-refractivity contribution >= 4 is 5.78 Å². The van der Waals surface area contributed by atoms with Crippen molar-refractivity contribution in [1.82, 2.24) is 0 Å². The fourth-order valence-corrected chi connectivity index (χ4v) is 1.70. The summed E-state index contributed by atoms with van der Waals surface area (Å²) in [6, 6.07) is 0. The minimum Gasteiger partial charge on any atom is -0.295 e. The first-order valence-corrected chi connectivity index (χ1v) is 7.00. The quantitative estimate of drug-likeness (QED) is 0.354. The maximum Gasteiger partial charge on any atom is 0.155 e. The third kappa shape index (κ3) is 11.5. The molecule has 1 heteroatoms. The highest BCUT2D eigenvalue weighted by Gasteiger charge is 1.96. The summed E-state index contributed by atoms with van der Waals surface area (Å²) in [7, 11) is 0. The van der Waals surface area contributed by atoms with Gasteiger partial charge in [-0.1, -0.05) is 64.9 Å². The van der Waals surface area contributed by atoms with Gasteiger partial charge in [-0.25, -0.2) is 0 Å². The van der Waals surface area contributed by atoms with Gasteiger partial charge in [0.05, 0.1) is 0 Å². The van der Waals surface area contributed by atoms with Crippen molar-refractivity contribution in [3.8, 4) is 0 Å². The summed E-state index contributed by atoms with van der Waals surface area (Å²) < 4.78 is 0. The molecular weight excluding hydrogens is 196 g/mol. The molecule has 0 radical (unpaired) electrons. The Bertz CT molecular complexity index is 182. The van der Waals surface area contributed by atoms with Crippen molar-refractivity contribution in [2.45, 2.75) is 78.1 Å². The average molecular weight is 224 g/mol. The minimum absolute atomic E-state index is 0.312. The first kappa shape index (κ1) is 15.4. The van der Waals surface area contributed by atoms with E-state index in [-0.39, 0.29) is 0 Å². The Kier molecular flexibility index (Phi) is 12.0. The Hall–Kier alpha value is -0.590. The van der Waals surface area contributed by atoms with Crippen molar-refractivity contribution < 1.29 is 4.79 Å². The molecule has 0 aromatic heterocycles. The van der Waals surface area contributed by atoms with Gasteiger partial charge in [0.25, 0.3) is 0 Å². The zero-order valence-electron chi connectivity index (χ0n) is 11.1. The zero-order valence-corrected chi connectivity index (χ0v) is 11.1. The van der Waals surface area contributed by atoms with Gasteiger partial charge >= 0.3 is 0 Å². The van der Waals surface area contributed by atoms with Crippen LogP contribution in [0.4, 0.5) is 0 Å². The lowest BCUT2D eigenvalue weighted by molar-refractivity contribution is -0.114. The lowest BCUT2D eigenvalue weighted by Crippen LogP contribution is -1.92. The van der Waals surface area contributed by atoms with E-state index in [4.69, 9.17) is 0 Å². The lowest BCUT2D eigenvalue weighted by atomic mass is 10.1. The second-order valence-electron chi connectivity index (χ2n) is 4.53. The molecule has 0 aliphatic carbocycles. The van der Waals surface area contributed by atoms with E-state index in [0.29, 0.717) is 5.78 Å². The summed E-state index contributed by atoms with van der Waals surface area (Å²) in [6.07, 6.45) is 15.5. The Morgan fingerprint density at radius 3 is 2.19 bits per heavy atom. The molecule has 0 aromatic carbocycles.